The Hall–Kier alpha value is -4.04. The molecular formula is C41H41NO. The van der Waals surface area contributed by atoms with Crippen molar-refractivity contribution in [2.75, 3.05) is 19.0 Å². The second-order valence-electron chi connectivity index (χ2n) is 13.2. The van der Waals surface area contributed by atoms with Crippen LogP contribution in [-0.4, -0.2) is 14.1 Å². The molecule has 0 bridgehead atoms. The molecule has 43 heavy (non-hydrogen) atoms. The minimum Gasteiger partial charge on any atom is -0.472 e. The van der Waals surface area contributed by atoms with Crippen LogP contribution < -0.4 is 9.64 Å². The first kappa shape index (κ1) is 26.6. The van der Waals surface area contributed by atoms with Gasteiger partial charge in [0.15, 0.2) is 5.60 Å². The number of benzene rings is 4. The summed E-state index contributed by atoms with van der Waals surface area (Å²) in [7, 11) is 4.19. The summed E-state index contributed by atoms with van der Waals surface area (Å²) in [4.78, 5) is 2.16. The Morgan fingerprint density at radius 2 is 1.40 bits per heavy atom. The van der Waals surface area contributed by atoms with E-state index in [0.717, 1.165) is 29.7 Å². The second kappa shape index (κ2) is 10.3. The molecule has 0 radical (unpaired) electrons. The van der Waals surface area contributed by atoms with E-state index < -0.39 is 5.60 Å². The van der Waals surface area contributed by atoms with Crippen LogP contribution in [0.4, 0.5) is 5.69 Å². The molecule has 4 aromatic rings. The van der Waals surface area contributed by atoms with E-state index >= 15 is 0 Å². The van der Waals surface area contributed by atoms with Gasteiger partial charge in [0, 0.05) is 47.5 Å². The van der Waals surface area contributed by atoms with Crippen LogP contribution in [0.15, 0.2) is 91.0 Å². The summed E-state index contributed by atoms with van der Waals surface area (Å²) >= 11 is 0. The standard InChI is InChI=1S/C41H41NO/c1-42(2)31-23-21-30(22-24-31)41(29-15-7-6-8-16-29)28-25-35-38-37(32-17-9-10-18-33(32)39(35)43-41)34-19-11-12-20-36(34)40(38)26-13-4-3-5-14-27-40/h6-8,10-12,15-16,18-25,28H,3-5,9,13-14,17,26-27H2,1-2H3. The molecule has 1 fully saturated rings. The van der Waals surface area contributed by atoms with Gasteiger partial charge in [-0.3, -0.25) is 0 Å². The molecule has 2 nitrogen and oxygen atoms in total. The van der Waals surface area contributed by atoms with Crippen molar-refractivity contribution in [1.29, 1.82) is 0 Å². The molecule has 1 heterocycles. The molecule has 0 saturated heterocycles. The van der Waals surface area contributed by atoms with E-state index in [2.05, 4.69) is 122 Å². The summed E-state index contributed by atoms with van der Waals surface area (Å²) in [5, 5.41) is 0. The number of rotatable bonds is 3. The monoisotopic (exact) mass is 563 g/mol. The van der Waals surface area contributed by atoms with Gasteiger partial charge in [-0.05, 0) is 71.7 Å². The lowest BCUT2D eigenvalue weighted by Gasteiger charge is -2.41. The maximum absolute atomic E-state index is 7.55. The molecule has 3 aliphatic carbocycles. The molecule has 1 aliphatic heterocycles. The first-order chi connectivity index (χ1) is 21.1. The highest BCUT2D eigenvalue weighted by atomic mass is 16.5. The van der Waals surface area contributed by atoms with Gasteiger partial charge < -0.3 is 9.64 Å². The number of anilines is 1. The third-order valence-electron chi connectivity index (χ3n) is 10.6. The number of allylic oxidation sites excluding steroid dienone is 1. The fourth-order valence-electron chi connectivity index (χ4n) is 8.59. The topological polar surface area (TPSA) is 12.5 Å². The zero-order valence-electron chi connectivity index (χ0n) is 25.5. The average molecular weight is 564 g/mol. The first-order valence-electron chi connectivity index (χ1n) is 16.3. The van der Waals surface area contributed by atoms with Crippen LogP contribution in [0, 0.1) is 0 Å². The minimum absolute atomic E-state index is 0.0560. The van der Waals surface area contributed by atoms with Gasteiger partial charge in [0.05, 0.1) is 0 Å². The molecule has 1 spiro atoms. The Labute approximate surface area is 256 Å². The van der Waals surface area contributed by atoms with Crippen molar-refractivity contribution in [2.45, 2.75) is 68.8 Å². The van der Waals surface area contributed by atoms with Crippen LogP contribution in [0.2, 0.25) is 0 Å². The van der Waals surface area contributed by atoms with E-state index in [0.29, 0.717) is 0 Å². The maximum atomic E-state index is 7.55. The zero-order chi connectivity index (χ0) is 29.0. The molecule has 216 valence electrons. The molecule has 1 unspecified atom stereocenters. The minimum atomic E-state index is -0.702. The SMILES string of the molecule is CN(C)c1ccc(C2(c3ccccc3)C=Cc3c(c4c(c5c3C3(CCCCCCC3)c3ccccc3-5)CCC=C4)O2)cc1. The van der Waals surface area contributed by atoms with Crippen LogP contribution in [0.3, 0.4) is 0 Å². The van der Waals surface area contributed by atoms with Crippen molar-refractivity contribution in [3.05, 3.63) is 130 Å². The smallest absolute Gasteiger partial charge is 0.178 e. The summed E-state index contributed by atoms with van der Waals surface area (Å²) in [5.74, 6) is 1.07. The molecule has 0 N–H and O–H groups in total. The zero-order valence-corrected chi connectivity index (χ0v) is 25.5. The third kappa shape index (κ3) is 3.99. The van der Waals surface area contributed by atoms with Crippen LogP contribution >= 0.6 is 0 Å². The average Bonchev–Trinajstić information content (AvgIpc) is 3.34. The molecule has 8 rings (SSSR count). The molecule has 1 saturated carbocycles. The predicted molar refractivity (Wildman–Crippen MR) is 180 cm³/mol. The fraction of sp³-hybridized carbons (Fsp3) is 0.317. The van der Waals surface area contributed by atoms with Gasteiger partial charge in [-0.2, -0.15) is 0 Å². The highest BCUT2D eigenvalue weighted by molar-refractivity contribution is 5.93. The van der Waals surface area contributed by atoms with Crippen LogP contribution in [-0.2, 0) is 17.4 Å². The number of hydrogen-bond acceptors (Lipinski definition) is 2. The van der Waals surface area contributed by atoms with Crippen LogP contribution in [0.5, 0.6) is 5.75 Å². The van der Waals surface area contributed by atoms with Gasteiger partial charge in [-0.25, -0.2) is 0 Å². The Morgan fingerprint density at radius 3 is 2.16 bits per heavy atom. The summed E-state index contributed by atoms with van der Waals surface area (Å²) in [6.07, 6.45) is 20.7. The normalized spacial score (nSPS) is 21.2. The third-order valence-corrected chi connectivity index (χ3v) is 10.6. The number of hydrogen-bond donors (Lipinski definition) is 0. The molecule has 0 amide bonds. The summed E-state index contributed by atoms with van der Waals surface area (Å²) < 4.78 is 7.55. The molecular weight excluding hydrogens is 522 g/mol. The number of fused-ring (bicyclic) bond motifs is 10. The van der Waals surface area contributed by atoms with E-state index in [-0.39, 0.29) is 5.41 Å². The van der Waals surface area contributed by atoms with Crippen molar-refractivity contribution in [2.24, 2.45) is 0 Å². The van der Waals surface area contributed by atoms with Crippen molar-refractivity contribution < 1.29 is 4.74 Å². The lowest BCUT2D eigenvalue weighted by atomic mass is 9.67. The lowest BCUT2D eigenvalue weighted by Crippen LogP contribution is -2.36. The van der Waals surface area contributed by atoms with Gasteiger partial charge in [0.25, 0.3) is 0 Å². The van der Waals surface area contributed by atoms with E-state index in [1.807, 2.05) is 0 Å². The summed E-state index contributed by atoms with van der Waals surface area (Å²) in [6, 6.07) is 29.1. The number of nitrogens with zero attached hydrogens (tertiary/aromatic N) is 1. The van der Waals surface area contributed by atoms with E-state index in [4.69, 9.17) is 4.74 Å². The highest BCUT2D eigenvalue weighted by Crippen LogP contribution is 2.61. The predicted octanol–water partition coefficient (Wildman–Crippen LogP) is 10.1. The largest absolute Gasteiger partial charge is 0.472 e. The van der Waals surface area contributed by atoms with Gasteiger partial charge in [0.1, 0.15) is 5.75 Å². The summed E-state index contributed by atoms with van der Waals surface area (Å²) in [5.41, 5.74) is 13.1. The van der Waals surface area contributed by atoms with E-state index in [9.17, 15) is 0 Å². The molecule has 4 aromatic carbocycles. The number of ether oxygens (including phenoxy) is 1. The van der Waals surface area contributed by atoms with Crippen LogP contribution in [0.1, 0.15) is 90.3 Å². The molecule has 1 atom stereocenters. The highest BCUT2D eigenvalue weighted by Gasteiger charge is 2.48. The Bertz CT molecular complexity index is 1740. The lowest BCUT2D eigenvalue weighted by molar-refractivity contribution is 0.160. The Kier molecular flexibility index (Phi) is 6.37. The van der Waals surface area contributed by atoms with Crippen molar-refractivity contribution in [1.82, 2.24) is 0 Å². The van der Waals surface area contributed by atoms with Gasteiger partial charge in [0.2, 0.25) is 0 Å². The van der Waals surface area contributed by atoms with Crippen molar-refractivity contribution in [3.8, 4) is 16.9 Å². The van der Waals surface area contributed by atoms with E-state index in [1.165, 1.54) is 78.5 Å². The Balaban J connectivity index is 1.40. The quantitative estimate of drug-likeness (QED) is 0.246. The fourth-order valence-corrected chi connectivity index (χ4v) is 8.59. The Morgan fingerprint density at radius 1 is 0.698 bits per heavy atom. The van der Waals surface area contributed by atoms with Crippen molar-refractivity contribution in [3.63, 3.8) is 0 Å². The van der Waals surface area contributed by atoms with Gasteiger partial charge in [-0.1, -0.05) is 117 Å². The van der Waals surface area contributed by atoms with E-state index in [1.54, 1.807) is 11.1 Å². The van der Waals surface area contributed by atoms with Crippen LogP contribution in [0.25, 0.3) is 23.3 Å². The summed E-state index contributed by atoms with van der Waals surface area (Å²) in [6.45, 7) is 0. The van der Waals surface area contributed by atoms with Gasteiger partial charge in [-0.15, -0.1) is 0 Å². The van der Waals surface area contributed by atoms with Gasteiger partial charge >= 0.3 is 0 Å². The first-order valence-corrected chi connectivity index (χ1v) is 16.3. The molecule has 2 heteroatoms. The van der Waals surface area contributed by atoms with Crippen molar-refractivity contribution >= 4 is 17.8 Å². The molecule has 0 aromatic heterocycles. The molecule has 4 aliphatic rings. The second-order valence-corrected chi connectivity index (χ2v) is 13.2. The maximum Gasteiger partial charge on any atom is 0.178 e.